The summed E-state index contributed by atoms with van der Waals surface area (Å²) >= 11 is 0. The summed E-state index contributed by atoms with van der Waals surface area (Å²) in [7, 11) is 3.25. The molecule has 1 unspecified atom stereocenters. The normalized spacial score (nSPS) is 13.1. The molecule has 23 heavy (non-hydrogen) atoms. The van der Waals surface area contributed by atoms with Crippen molar-refractivity contribution in [3.05, 3.63) is 0 Å². The molecular formula is C15H30N4O4. The largest absolute Gasteiger partial charge is 0.347 e. The molecule has 2 atom stereocenters. The number of nitrogens with two attached hydrogens (primary N) is 1. The zero-order valence-electron chi connectivity index (χ0n) is 14.3. The van der Waals surface area contributed by atoms with Crippen molar-refractivity contribution in [2.45, 2.75) is 45.1 Å². The molecule has 3 amide bonds. The molecule has 0 bridgehead atoms. The van der Waals surface area contributed by atoms with Crippen LogP contribution in [0.25, 0.3) is 0 Å². The van der Waals surface area contributed by atoms with Crippen molar-refractivity contribution in [1.82, 2.24) is 15.3 Å². The van der Waals surface area contributed by atoms with Crippen LogP contribution in [-0.4, -0.2) is 66.6 Å². The van der Waals surface area contributed by atoms with E-state index in [1.54, 1.807) is 14.1 Å². The van der Waals surface area contributed by atoms with E-state index in [-0.39, 0.29) is 24.8 Å². The van der Waals surface area contributed by atoms with E-state index in [9.17, 15) is 19.6 Å². The molecule has 0 aliphatic heterocycles. The van der Waals surface area contributed by atoms with Crippen LogP contribution in [0.4, 0.5) is 0 Å². The minimum Gasteiger partial charge on any atom is -0.347 e. The summed E-state index contributed by atoms with van der Waals surface area (Å²) in [5.41, 5.74) is 5.48. The van der Waals surface area contributed by atoms with Gasteiger partial charge < -0.3 is 16.0 Å². The fraction of sp³-hybridized carbons (Fsp3) is 0.800. The fourth-order valence-electron chi connectivity index (χ4n) is 2.21. The zero-order valence-corrected chi connectivity index (χ0v) is 14.3. The first-order chi connectivity index (χ1) is 10.9. The lowest BCUT2D eigenvalue weighted by Gasteiger charge is -2.25. The van der Waals surface area contributed by atoms with Gasteiger partial charge in [0.2, 0.25) is 18.2 Å². The standard InChI is InChI=1S/C15H30N4O4/c1-4-5-7-12(10-19(23)11-20)14(21)17-13(8-6-9-16)15(22)18(2)3/h11-13,23H,4-10,16H2,1-3H3,(H,17,21)/t12-,13?/m1/s1. The molecule has 0 saturated carbocycles. The third-order valence-corrected chi connectivity index (χ3v) is 3.56. The molecule has 0 rings (SSSR count). The highest BCUT2D eigenvalue weighted by molar-refractivity contribution is 5.88. The highest BCUT2D eigenvalue weighted by atomic mass is 16.5. The smallest absolute Gasteiger partial charge is 0.244 e. The molecular weight excluding hydrogens is 300 g/mol. The maximum Gasteiger partial charge on any atom is 0.244 e. The molecule has 0 radical (unpaired) electrons. The molecule has 8 nitrogen and oxygen atoms in total. The lowest BCUT2D eigenvalue weighted by Crippen LogP contribution is -2.49. The number of carbonyl (C=O) groups is 3. The third kappa shape index (κ3) is 8.51. The number of hydrogen-bond acceptors (Lipinski definition) is 5. The maximum atomic E-state index is 12.4. The van der Waals surface area contributed by atoms with Gasteiger partial charge in [0.15, 0.2) is 0 Å². The van der Waals surface area contributed by atoms with Gasteiger partial charge in [0, 0.05) is 14.1 Å². The fourth-order valence-corrected chi connectivity index (χ4v) is 2.21. The molecule has 0 aliphatic carbocycles. The maximum absolute atomic E-state index is 12.4. The molecule has 0 spiro atoms. The van der Waals surface area contributed by atoms with Crippen LogP contribution < -0.4 is 11.1 Å². The number of rotatable bonds is 12. The van der Waals surface area contributed by atoms with E-state index in [2.05, 4.69) is 5.32 Å². The molecule has 4 N–H and O–H groups in total. The Morgan fingerprint density at radius 1 is 1.26 bits per heavy atom. The van der Waals surface area contributed by atoms with Crippen molar-refractivity contribution in [3.63, 3.8) is 0 Å². The monoisotopic (exact) mass is 330 g/mol. The van der Waals surface area contributed by atoms with Crippen molar-refractivity contribution in [3.8, 4) is 0 Å². The van der Waals surface area contributed by atoms with E-state index >= 15 is 0 Å². The predicted molar refractivity (Wildman–Crippen MR) is 86.5 cm³/mol. The summed E-state index contributed by atoms with van der Waals surface area (Å²) in [5.74, 6) is -1.09. The van der Waals surface area contributed by atoms with Crippen LogP contribution in [0.1, 0.15) is 39.0 Å². The van der Waals surface area contributed by atoms with E-state index in [1.165, 1.54) is 4.90 Å². The number of likely N-dealkylation sites (N-methyl/N-ethyl adjacent to an activating group) is 1. The van der Waals surface area contributed by atoms with Gasteiger partial charge >= 0.3 is 0 Å². The average Bonchev–Trinajstić information content (AvgIpc) is 2.53. The summed E-state index contributed by atoms with van der Waals surface area (Å²) in [6, 6.07) is -0.645. The summed E-state index contributed by atoms with van der Waals surface area (Å²) in [5, 5.41) is 12.5. The number of nitrogens with zero attached hydrogens (tertiary/aromatic N) is 2. The number of amides is 3. The minimum atomic E-state index is -0.645. The van der Waals surface area contributed by atoms with Crippen LogP contribution in [0.2, 0.25) is 0 Å². The van der Waals surface area contributed by atoms with Crippen molar-refractivity contribution >= 4 is 18.2 Å². The van der Waals surface area contributed by atoms with Gasteiger partial charge in [-0.2, -0.15) is 0 Å². The van der Waals surface area contributed by atoms with Gasteiger partial charge in [-0.1, -0.05) is 19.8 Å². The summed E-state index contributed by atoms with van der Waals surface area (Å²) in [6.45, 7) is 2.34. The number of carbonyl (C=O) groups excluding carboxylic acids is 3. The average molecular weight is 330 g/mol. The third-order valence-electron chi connectivity index (χ3n) is 3.56. The highest BCUT2D eigenvalue weighted by Crippen LogP contribution is 2.11. The Bertz CT molecular complexity index is 376. The lowest BCUT2D eigenvalue weighted by atomic mass is 9.99. The van der Waals surface area contributed by atoms with E-state index in [0.29, 0.717) is 30.9 Å². The number of unbranched alkanes of at least 4 members (excludes halogenated alkanes) is 1. The van der Waals surface area contributed by atoms with Crippen LogP contribution in [0.5, 0.6) is 0 Å². The molecule has 0 aromatic carbocycles. The summed E-state index contributed by atoms with van der Waals surface area (Å²) in [6.07, 6.45) is 3.56. The quantitative estimate of drug-likeness (QED) is 0.264. The molecule has 0 aliphatic rings. The van der Waals surface area contributed by atoms with Crippen LogP contribution in [0.15, 0.2) is 0 Å². The number of hydroxylamine groups is 2. The number of nitrogens with one attached hydrogen (secondary N) is 1. The van der Waals surface area contributed by atoms with Gasteiger partial charge in [-0.05, 0) is 25.8 Å². The van der Waals surface area contributed by atoms with Crippen molar-refractivity contribution in [2.24, 2.45) is 11.7 Å². The van der Waals surface area contributed by atoms with Crippen molar-refractivity contribution < 1.29 is 19.6 Å². The van der Waals surface area contributed by atoms with Crippen LogP contribution in [0, 0.1) is 5.92 Å². The Kier molecular flexibility index (Phi) is 11.0. The van der Waals surface area contributed by atoms with E-state index < -0.39 is 12.0 Å². The molecule has 8 heteroatoms. The Morgan fingerprint density at radius 2 is 1.91 bits per heavy atom. The first-order valence-corrected chi connectivity index (χ1v) is 7.99. The van der Waals surface area contributed by atoms with Gasteiger partial charge in [-0.3, -0.25) is 19.6 Å². The van der Waals surface area contributed by atoms with Gasteiger partial charge in [-0.25, -0.2) is 5.06 Å². The van der Waals surface area contributed by atoms with Gasteiger partial charge in [0.05, 0.1) is 12.5 Å². The number of hydrogen-bond donors (Lipinski definition) is 3. The second-order valence-electron chi connectivity index (χ2n) is 5.79. The van der Waals surface area contributed by atoms with Gasteiger partial charge in [0.1, 0.15) is 6.04 Å². The Hall–Kier alpha value is -1.67. The van der Waals surface area contributed by atoms with Gasteiger partial charge in [-0.15, -0.1) is 0 Å². The molecule has 0 fully saturated rings. The topological polar surface area (TPSA) is 116 Å². The Labute approximate surface area is 137 Å². The van der Waals surface area contributed by atoms with Crippen LogP contribution in [-0.2, 0) is 14.4 Å². The molecule has 134 valence electrons. The van der Waals surface area contributed by atoms with E-state index in [1.807, 2.05) is 6.92 Å². The van der Waals surface area contributed by atoms with Crippen molar-refractivity contribution in [2.75, 3.05) is 27.2 Å². The first-order valence-electron chi connectivity index (χ1n) is 7.99. The first kappa shape index (κ1) is 21.3. The second kappa shape index (κ2) is 11.8. The van der Waals surface area contributed by atoms with Crippen LogP contribution in [0.3, 0.4) is 0 Å². The zero-order chi connectivity index (χ0) is 17.8. The lowest BCUT2D eigenvalue weighted by molar-refractivity contribution is -0.155. The summed E-state index contributed by atoms with van der Waals surface area (Å²) < 4.78 is 0. The summed E-state index contributed by atoms with van der Waals surface area (Å²) in [4.78, 5) is 36.6. The van der Waals surface area contributed by atoms with Crippen molar-refractivity contribution in [1.29, 1.82) is 0 Å². The molecule has 0 heterocycles. The molecule has 0 saturated heterocycles. The van der Waals surface area contributed by atoms with E-state index in [4.69, 9.17) is 5.73 Å². The Balaban J connectivity index is 4.90. The minimum absolute atomic E-state index is 0.0882. The van der Waals surface area contributed by atoms with Gasteiger partial charge in [0.25, 0.3) is 0 Å². The SMILES string of the molecule is CCCC[C@H](CN(O)C=O)C(=O)NC(CCCN)C(=O)N(C)C. The molecule has 0 aromatic rings. The Morgan fingerprint density at radius 3 is 2.39 bits per heavy atom. The highest BCUT2D eigenvalue weighted by Gasteiger charge is 2.27. The van der Waals surface area contributed by atoms with Crippen LogP contribution >= 0.6 is 0 Å². The second-order valence-corrected chi connectivity index (χ2v) is 5.79. The predicted octanol–water partition coefficient (Wildman–Crippen LogP) is -0.0477. The van der Waals surface area contributed by atoms with E-state index in [0.717, 1.165) is 12.8 Å². The molecule has 0 aromatic heterocycles.